The predicted octanol–water partition coefficient (Wildman–Crippen LogP) is 0.678. The Hall–Kier alpha value is -1.31. The summed E-state index contributed by atoms with van der Waals surface area (Å²) >= 11 is 0. The number of ether oxygens (including phenoxy) is 1. The summed E-state index contributed by atoms with van der Waals surface area (Å²) in [6.45, 7) is 1.58. The van der Waals surface area contributed by atoms with Gasteiger partial charge in [-0.3, -0.25) is 9.59 Å². The maximum atomic E-state index is 12.9. The van der Waals surface area contributed by atoms with Gasteiger partial charge in [-0.1, -0.05) is 0 Å². The number of carbonyl (C=O) groups excluding carboxylic acids is 2. The van der Waals surface area contributed by atoms with E-state index in [1.807, 2.05) is 0 Å². The summed E-state index contributed by atoms with van der Waals surface area (Å²) in [7, 11) is 0. The molecule has 1 aliphatic heterocycles. The minimum atomic E-state index is -4.66. The molecule has 1 aliphatic rings. The van der Waals surface area contributed by atoms with E-state index in [1.54, 1.807) is 0 Å². The molecule has 110 valence electrons. The molecule has 8 heteroatoms. The SMILES string of the molecule is CCOC(=O)CC(N1CC(CN)CC1=O)C(F)(F)F. The molecule has 2 N–H and O–H groups in total. The second-order valence-electron chi connectivity index (χ2n) is 4.42. The molecule has 0 radical (unpaired) electrons. The van der Waals surface area contributed by atoms with Crippen molar-refractivity contribution in [3.05, 3.63) is 0 Å². The van der Waals surface area contributed by atoms with Gasteiger partial charge >= 0.3 is 12.1 Å². The number of hydrogen-bond acceptors (Lipinski definition) is 4. The maximum absolute atomic E-state index is 12.9. The summed E-state index contributed by atoms with van der Waals surface area (Å²) in [6.07, 6.45) is -5.54. The van der Waals surface area contributed by atoms with Crippen molar-refractivity contribution in [1.29, 1.82) is 0 Å². The summed E-state index contributed by atoms with van der Waals surface area (Å²) in [5.74, 6) is -1.88. The Balaban J connectivity index is 2.80. The van der Waals surface area contributed by atoms with Gasteiger partial charge in [-0.2, -0.15) is 13.2 Å². The highest BCUT2D eigenvalue weighted by Crippen LogP contribution is 2.32. The van der Waals surface area contributed by atoms with E-state index >= 15 is 0 Å². The van der Waals surface area contributed by atoms with Gasteiger partial charge in [-0.25, -0.2) is 0 Å². The summed E-state index contributed by atoms with van der Waals surface area (Å²) in [6, 6.07) is -2.13. The van der Waals surface area contributed by atoms with Crippen molar-refractivity contribution in [3.63, 3.8) is 0 Å². The van der Waals surface area contributed by atoms with Crippen LogP contribution in [0.1, 0.15) is 19.8 Å². The molecule has 0 aromatic rings. The number of carbonyl (C=O) groups is 2. The van der Waals surface area contributed by atoms with E-state index in [2.05, 4.69) is 4.74 Å². The Kier molecular flexibility index (Phi) is 5.16. The van der Waals surface area contributed by atoms with Crippen LogP contribution in [0.15, 0.2) is 0 Å². The first-order valence-electron chi connectivity index (χ1n) is 6.01. The Morgan fingerprint density at radius 3 is 2.63 bits per heavy atom. The molecule has 1 rings (SSSR count). The number of likely N-dealkylation sites (tertiary alicyclic amines) is 1. The monoisotopic (exact) mass is 282 g/mol. The summed E-state index contributed by atoms with van der Waals surface area (Å²) in [5.41, 5.74) is 5.36. The molecular formula is C11H17F3N2O3. The zero-order chi connectivity index (χ0) is 14.6. The van der Waals surface area contributed by atoms with E-state index in [0.29, 0.717) is 4.90 Å². The molecule has 0 aromatic heterocycles. The molecule has 19 heavy (non-hydrogen) atoms. The Bertz CT molecular complexity index is 347. The summed E-state index contributed by atoms with van der Waals surface area (Å²) in [4.78, 5) is 23.5. The van der Waals surface area contributed by atoms with Crippen LogP contribution in [0.3, 0.4) is 0 Å². The summed E-state index contributed by atoms with van der Waals surface area (Å²) in [5, 5.41) is 0. The van der Waals surface area contributed by atoms with E-state index in [-0.39, 0.29) is 32.0 Å². The van der Waals surface area contributed by atoms with E-state index in [4.69, 9.17) is 5.73 Å². The zero-order valence-electron chi connectivity index (χ0n) is 10.6. The molecule has 1 fully saturated rings. The van der Waals surface area contributed by atoms with Crippen LogP contribution in [0.2, 0.25) is 0 Å². The van der Waals surface area contributed by atoms with E-state index in [1.165, 1.54) is 6.92 Å². The number of hydrogen-bond donors (Lipinski definition) is 1. The van der Waals surface area contributed by atoms with Gasteiger partial charge in [0.15, 0.2) is 0 Å². The molecule has 0 saturated carbocycles. The molecular weight excluding hydrogens is 265 g/mol. The number of rotatable bonds is 5. The van der Waals surface area contributed by atoms with Crippen molar-refractivity contribution in [1.82, 2.24) is 4.90 Å². The highest BCUT2D eigenvalue weighted by atomic mass is 19.4. The van der Waals surface area contributed by atoms with Crippen molar-refractivity contribution in [2.24, 2.45) is 11.7 Å². The van der Waals surface area contributed by atoms with Crippen molar-refractivity contribution in [3.8, 4) is 0 Å². The largest absolute Gasteiger partial charge is 0.466 e. The second-order valence-corrected chi connectivity index (χ2v) is 4.42. The number of nitrogens with two attached hydrogens (primary N) is 1. The van der Waals surface area contributed by atoms with Crippen LogP contribution in [0, 0.1) is 5.92 Å². The second kappa shape index (κ2) is 6.23. The Labute approximate surface area is 108 Å². The fourth-order valence-corrected chi connectivity index (χ4v) is 2.05. The van der Waals surface area contributed by atoms with E-state index in [9.17, 15) is 22.8 Å². The van der Waals surface area contributed by atoms with Crippen LogP contribution in [-0.2, 0) is 14.3 Å². The molecule has 2 unspecified atom stereocenters. The normalized spacial score (nSPS) is 21.6. The van der Waals surface area contributed by atoms with Crippen LogP contribution in [0.5, 0.6) is 0 Å². The number of esters is 1. The maximum Gasteiger partial charge on any atom is 0.409 e. The average molecular weight is 282 g/mol. The molecule has 0 aliphatic carbocycles. The van der Waals surface area contributed by atoms with Gasteiger partial charge in [0, 0.05) is 13.0 Å². The highest BCUT2D eigenvalue weighted by Gasteiger charge is 2.49. The quantitative estimate of drug-likeness (QED) is 0.753. The Morgan fingerprint density at radius 1 is 1.58 bits per heavy atom. The van der Waals surface area contributed by atoms with E-state index < -0.39 is 30.5 Å². The van der Waals surface area contributed by atoms with Crippen molar-refractivity contribution in [2.45, 2.75) is 32.0 Å². The number of halogens is 3. The highest BCUT2D eigenvalue weighted by molar-refractivity contribution is 5.80. The topological polar surface area (TPSA) is 72.6 Å². The van der Waals surface area contributed by atoms with Crippen LogP contribution in [0.4, 0.5) is 13.2 Å². The van der Waals surface area contributed by atoms with Crippen LogP contribution < -0.4 is 5.73 Å². The van der Waals surface area contributed by atoms with Gasteiger partial charge in [0.2, 0.25) is 5.91 Å². The van der Waals surface area contributed by atoms with Crippen LogP contribution in [-0.4, -0.2) is 48.7 Å². The number of alkyl halides is 3. The first-order valence-corrected chi connectivity index (χ1v) is 6.01. The van der Waals surface area contributed by atoms with Gasteiger partial charge in [-0.05, 0) is 19.4 Å². The van der Waals surface area contributed by atoms with E-state index in [0.717, 1.165) is 0 Å². The lowest BCUT2D eigenvalue weighted by molar-refractivity contribution is -0.193. The van der Waals surface area contributed by atoms with Gasteiger partial charge in [0.25, 0.3) is 0 Å². The Morgan fingerprint density at radius 2 is 2.21 bits per heavy atom. The summed E-state index contributed by atoms with van der Waals surface area (Å²) < 4.78 is 43.3. The zero-order valence-corrected chi connectivity index (χ0v) is 10.6. The molecule has 0 aromatic carbocycles. The molecule has 1 saturated heterocycles. The fourth-order valence-electron chi connectivity index (χ4n) is 2.05. The first kappa shape index (κ1) is 15.7. The van der Waals surface area contributed by atoms with Gasteiger partial charge in [-0.15, -0.1) is 0 Å². The van der Waals surface area contributed by atoms with Crippen LogP contribution in [0.25, 0.3) is 0 Å². The lowest BCUT2D eigenvalue weighted by atomic mass is 10.1. The average Bonchev–Trinajstić information content (AvgIpc) is 2.66. The standard InChI is InChI=1S/C11H17F3N2O3/c1-2-19-10(18)4-8(11(12,13)14)16-6-7(5-15)3-9(16)17/h7-8H,2-6,15H2,1H3. The smallest absolute Gasteiger partial charge is 0.409 e. The molecule has 5 nitrogen and oxygen atoms in total. The molecule has 1 heterocycles. The minimum absolute atomic E-state index is 0.00276. The van der Waals surface area contributed by atoms with Crippen molar-refractivity contribution < 1.29 is 27.5 Å². The number of amides is 1. The third kappa shape index (κ3) is 4.09. The third-order valence-electron chi connectivity index (χ3n) is 2.99. The molecule has 2 atom stereocenters. The van der Waals surface area contributed by atoms with Gasteiger partial charge in [0.05, 0.1) is 13.0 Å². The lowest BCUT2D eigenvalue weighted by Gasteiger charge is -2.29. The molecule has 0 spiro atoms. The van der Waals surface area contributed by atoms with Crippen LogP contribution >= 0.6 is 0 Å². The lowest BCUT2D eigenvalue weighted by Crippen LogP contribution is -2.48. The fraction of sp³-hybridized carbons (Fsp3) is 0.818. The van der Waals surface area contributed by atoms with Gasteiger partial charge < -0.3 is 15.4 Å². The third-order valence-corrected chi connectivity index (χ3v) is 2.99. The number of nitrogens with zero attached hydrogens (tertiary/aromatic N) is 1. The van der Waals surface area contributed by atoms with Crippen molar-refractivity contribution in [2.75, 3.05) is 19.7 Å². The molecule has 1 amide bonds. The predicted molar refractivity (Wildman–Crippen MR) is 60.0 cm³/mol. The minimum Gasteiger partial charge on any atom is -0.466 e. The van der Waals surface area contributed by atoms with Crippen molar-refractivity contribution >= 4 is 11.9 Å². The molecule has 0 bridgehead atoms. The first-order chi connectivity index (χ1) is 8.79. The van der Waals surface area contributed by atoms with Gasteiger partial charge in [0.1, 0.15) is 6.04 Å².